The van der Waals surface area contributed by atoms with Crippen LogP contribution in [-0.2, 0) is 13.9 Å². The summed E-state index contributed by atoms with van der Waals surface area (Å²) in [5.41, 5.74) is 2.14. The van der Waals surface area contributed by atoms with E-state index in [0.717, 1.165) is 19.4 Å². The molecule has 0 aliphatic rings. The minimum Gasteiger partial charge on any atom is -0.419 e. The molecule has 0 aliphatic heterocycles. The Hall–Kier alpha value is -0.163. The molecule has 0 aliphatic carbocycles. The molecule has 0 atom stereocenters. The molecule has 0 aromatic rings. The van der Waals surface area contributed by atoms with Gasteiger partial charge >= 0.3 is 0 Å². The lowest BCUT2D eigenvalue weighted by Gasteiger charge is -2.16. The van der Waals surface area contributed by atoms with Gasteiger partial charge in [0.2, 0.25) is 0 Å². The van der Waals surface area contributed by atoms with Gasteiger partial charge in [-0.3, -0.25) is 0 Å². The molecule has 4 heteroatoms. The molecule has 90 valence electrons. The molecule has 0 saturated heterocycles. The maximum Gasteiger partial charge on any atom is 0.184 e. The summed E-state index contributed by atoms with van der Waals surface area (Å²) in [5, 5.41) is 0. The first-order chi connectivity index (χ1) is 7.35. The summed E-state index contributed by atoms with van der Waals surface area (Å²) in [4.78, 5) is 0. The second kappa shape index (κ2) is 11.9. The van der Waals surface area contributed by atoms with Gasteiger partial charge in [0, 0.05) is 26.2 Å². The van der Waals surface area contributed by atoms with E-state index in [9.17, 15) is 0 Å². The van der Waals surface area contributed by atoms with Crippen LogP contribution in [-0.4, -0.2) is 35.9 Å². The van der Waals surface area contributed by atoms with Gasteiger partial charge < -0.3 is 13.9 Å². The predicted octanol–water partition coefficient (Wildman–Crippen LogP) is 1.80. The summed E-state index contributed by atoms with van der Waals surface area (Å²) < 4.78 is 16.4. The van der Waals surface area contributed by atoms with Crippen LogP contribution in [0.1, 0.15) is 33.6 Å². The summed E-state index contributed by atoms with van der Waals surface area (Å²) in [6.45, 7) is 8.24. The zero-order valence-corrected chi connectivity index (χ0v) is 11.6. The number of hydrogen-bond donors (Lipinski definition) is 0. The summed E-state index contributed by atoms with van der Waals surface area (Å²) in [6, 6.07) is 0. The highest BCUT2D eigenvalue weighted by Gasteiger charge is 2.06. The van der Waals surface area contributed by atoms with Crippen LogP contribution < -0.4 is 0 Å². The van der Waals surface area contributed by atoms with Gasteiger partial charge in [0.1, 0.15) is 0 Å². The van der Waals surface area contributed by atoms with Crippen molar-refractivity contribution in [2.75, 3.05) is 19.8 Å². The first-order valence-corrected chi connectivity index (χ1v) is 7.16. The fourth-order valence-electron chi connectivity index (χ4n) is 1.19. The van der Waals surface area contributed by atoms with Crippen molar-refractivity contribution >= 4 is 9.76 Å². The van der Waals surface area contributed by atoms with E-state index in [4.69, 9.17) is 13.9 Å². The highest BCUT2D eigenvalue weighted by Crippen LogP contribution is 2.04. The van der Waals surface area contributed by atoms with Crippen LogP contribution in [0.4, 0.5) is 0 Å². The first-order valence-electron chi connectivity index (χ1n) is 5.77. The van der Waals surface area contributed by atoms with Gasteiger partial charge in [-0.1, -0.05) is 11.8 Å². The Balaban J connectivity index is 3.35. The van der Waals surface area contributed by atoms with Gasteiger partial charge in [0.25, 0.3) is 0 Å². The quantitative estimate of drug-likeness (QED) is 0.326. The number of hydrogen-bond acceptors (Lipinski definition) is 3. The van der Waals surface area contributed by atoms with Crippen molar-refractivity contribution < 1.29 is 13.9 Å². The highest BCUT2D eigenvalue weighted by molar-refractivity contribution is 6.34. The molecule has 0 amide bonds. The average molecular weight is 232 g/mol. The number of ether oxygens (including phenoxy) is 2. The standard InChI is InChI=1S/C11H24O3Si/c1-4-10-15-14-9-7-8-11(12-5-2)13-6-3/h4,10-11H,5-9,15H2,1-3H3. The summed E-state index contributed by atoms with van der Waals surface area (Å²) in [5.74, 6) is 0. The molecule has 3 nitrogen and oxygen atoms in total. The van der Waals surface area contributed by atoms with Crippen LogP contribution in [0.3, 0.4) is 0 Å². The fraction of sp³-hybridized carbons (Fsp3) is 0.818. The van der Waals surface area contributed by atoms with Crippen LogP contribution >= 0.6 is 0 Å². The molecule has 0 saturated carbocycles. The van der Waals surface area contributed by atoms with E-state index in [1.54, 1.807) is 0 Å². The van der Waals surface area contributed by atoms with E-state index < -0.39 is 9.76 Å². The second-order valence-corrected chi connectivity index (χ2v) is 4.34. The molecular weight excluding hydrogens is 208 g/mol. The van der Waals surface area contributed by atoms with Crippen molar-refractivity contribution in [1.29, 1.82) is 0 Å². The van der Waals surface area contributed by atoms with E-state index >= 15 is 0 Å². The predicted molar refractivity (Wildman–Crippen MR) is 65.6 cm³/mol. The van der Waals surface area contributed by atoms with E-state index in [1.807, 2.05) is 20.8 Å². The van der Waals surface area contributed by atoms with Crippen LogP contribution in [0, 0.1) is 0 Å². The zero-order chi connectivity index (χ0) is 11.4. The minimum absolute atomic E-state index is 0.0491. The lowest BCUT2D eigenvalue weighted by Crippen LogP contribution is -2.18. The van der Waals surface area contributed by atoms with Crippen LogP contribution in [0.5, 0.6) is 0 Å². The smallest absolute Gasteiger partial charge is 0.184 e. The highest BCUT2D eigenvalue weighted by atomic mass is 28.2. The maximum atomic E-state index is 5.52. The topological polar surface area (TPSA) is 27.7 Å². The first kappa shape index (κ1) is 14.8. The minimum atomic E-state index is -0.419. The van der Waals surface area contributed by atoms with E-state index in [-0.39, 0.29) is 6.29 Å². The van der Waals surface area contributed by atoms with E-state index in [2.05, 4.69) is 11.8 Å². The fourth-order valence-corrected chi connectivity index (χ4v) is 1.89. The van der Waals surface area contributed by atoms with Gasteiger partial charge in [-0.05, 0) is 27.2 Å². The number of allylic oxidation sites excluding steroid dienone is 1. The van der Waals surface area contributed by atoms with Crippen molar-refractivity contribution in [3.63, 3.8) is 0 Å². The van der Waals surface area contributed by atoms with Crippen LogP contribution in [0.2, 0.25) is 0 Å². The Morgan fingerprint density at radius 3 is 2.40 bits per heavy atom. The van der Waals surface area contributed by atoms with Gasteiger partial charge in [0.15, 0.2) is 16.1 Å². The zero-order valence-electron chi connectivity index (χ0n) is 10.2. The molecular formula is C11H24O3Si. The van der Waals surface area contributed by atoms with Crippen molar-refractivity contribution in [2.24, 2.45) is 0 Å². The molecule has 0 aromatic heterocycles. The molecule has 0 bridgehead atoms. The molecule has 15 heavy (non-hydrogen) atoms. The van der Waals surface area contributed by atoms with Crippen molar-refractivity contribution in [3.05, 3.63) is 11.8 Å². The molecule has 0 aromatic carbocycles. The Morgan fingerprint density at radius 2 is 1.87 bits per heavy atom. The SMILES string of the molecule is CC=C[SiH2]OCCCC(OCC)OCC. The Labute approximate surface area is 95.7 Å². The third kappa shape index (κ3) is 10.1. The van der Waals surface area contributed by atoms with Crippen molar-refractivity contribution in [1.82, 2.24) is 0 Å². The molecule has 0 fully saturated rings. The van der Waals surface area contributed by atoms with Gasteiger partial charge in [-0.25, -0.2) is 0 Å². The summed E-state index contributed by atoms with van der Waals surface area (Å²) >= 11 is 0. The molecule has 0 unspecified atom stereocenters. The van der Waals surface area contributed by atoms with Gasteiger partial charge in [-0.15, -0.1) is 0 Å². The number of rotatable bonds is 10. The normalized spacial score (nSPS) is 12.5. The molecule has 0 spiro atoms. The third-order valence-corrected chi connectivity index (χ3v) is 3.07. The maximum absolute atomic E-state index is 5.52. The van der Waals surface area contributed by atoms with Gasteiger partial charge in [0.05, 0.1) is 0 Å². The lowest BCUT2D eigenvalue weighted by atomic mass is 10.3. The monoisotopic (exact) mass is 232 g/mol. The Morgan fingerprint density at radius 1 is 1.20 bits per heavy atom. The van der Waals surface area contributed by atoms with E-state index in [1.165, 1.54) is 0 Å². The summed E-state index contributed by atoms with van der Waals surface area (Å²) in [7, 11) is -0.419. The Kier molecular flexibility index (Phi) is 11.8. The lowest BCUT2D eigenvalue weighted by molar-refractivity contribution is -0.140. The molecule has 0 rings (SSSR count). The molecule has 0 heterocycles. The molecule has 0 N–H and O–H groups in total. The van der Waals surface area contributed by atoms with Crippen molar-refractivity contribution in [2.45, 2.75) is 39.9 Å². The van der Waals surface area contributed by atoms with Crippen LogP contribution in [0.25, 0.3) is 0 Å². The van der Waals surface area contributed by atoms with Gasteiger partial charge in [-0.2, -0.15) is 0 Å². The molecule has 0 radical (unpaired) electrons. The Bertz CT molecular complexity index is 145. The second-order valence-electron chi connectivity index (χ2n) is 3.13. The average Bonchev–Trinajstić information content (AvgIpc) is 2.24. The summed E-state index contributed by atoms with van der Waals surface area (Å²) in [6.07, 6.45) is 3.93. The van der Waals surface area contributed by atoms with E-state index in [0.29, 0.717) is 13.2 Å². The third-order valence-electron chi connectivity index (χ3n) is 1.88. The van der Waals surface area contributed by atoms with Crippen LogP contribution in [0.15, 0.2) is 11.8 Å². The van der Waals surface area contributed by atoms with Crippen molar-refractivity contribution in [3.8, 4) is 0 Å². The largest absolute Gasteiger partial charge is 0.419 e.